The number of carbonyl (C=O) groups excluding carboxylic acids is 1. The number of aromatic nitrogens is 2. The first kappa shape index (κ1) is 26.7. The molecule has 0 bridgehead atoms. The average molecular weight is 499 g/mol. The summed E-state index contributed by atoms with van der Waals surface area (Å²) in [6.07, 6.45) is 4.24. The van der Waals surface area contributed by atoms with Crippen LogP contribution in [0.4, 0.5) is 0 Å². The van der Waals surface area contributed by atoms with Crippen molar-refractivity contribution in [3.63, 3.8) is 0 Å². The van der Waals surface area contributed by atoms with Gasteiger partial charge < -0.3 is 14.4 Å². The Bertz CT molecular complexity index is 1290. The number of carbonyl (C=O) groups is 1. The maximum atomic E-state index is 11.5. The number of nitrogens with zero attached hydrogens (tertiary/aromatic N) is 4. The van der Waals surface area contributed by atoms with E-state index >= 15 is 0 Å². The van der Waals surface area contributed by atoms with Gasteiger partial charge in [0.2, 0.25) is 0 Å². The molecule has 2 aromatic carbocycles. The Morgan fingerprint density at radius 2 is 1.84 bits per heavy atom. The first-order chi connectivity index (χ1) is 17.6. The van der Waals surface area contributed by atoms with E-state index in [1.54, 1.807) is 0 Å². The van der Waals surface area contributed by atoms with E-state index in [4.69, 9.17) is 4.98 Å². The highest BCUT2D eigenvalue weighted by Crippen LogP contribution is 2.34. The highest BCUT2D eigenvalue weighted by Gasteiger charge is 2.24. The van der Waals surface area contributed by atoms with Crippen LogP contribution in [-0.2, 0) is 13.1 Å². The third-order valence-corrected chi connectivity index (χ3v) is 7.55. The van der Waals surface area contributed by atoms with Crippen LogP contribution in [0.15, 0.2) is 61.3 Å². The summed E-state index contributed by atoms with van der Waals surface area (Å²) in [6, 6.07) is 14.4. The van der Waals surface area contributed by atoms with Gasteiger partial charge in [0.1, 0.15) is 5.82 Å². The molecule has 0 aliphatic carbocycles. The van der Waals surface area contributed by atoms with Gasteiger partial charge in [-0.2, -0.15) is 0 Å². The number of aldehydes is 1. The molecule has 1 saturated heterocycles. The van der Waals surface area contributed by atoms with Crippen molar-refractivity contribution in [3.05, 3.63) is 83.8 Å². The summed E-state index contributed by atoms with van der Waals surface area (Å²) >= 11 is 0. The van der Waals surface area contributed by atoms with Crippen molar-refractivity contribution in [2.45, 2.75) is 66.0 Å². The number of piperidine rings is 1. The van der Waals surface area contributed by atoms with E-state index in [0.717, 1.165) is 67.8 Å². The topological polar surface area (TPSA) is 41.4 Å². The van der Waals surface area contributed by atoms with E-state index in [1.807, 2.05) is 31.3 Å². The van der Waals surface area contributed by atoms with E-state index in [9.17, 15) is 4.79 Å². The fourth-order valence-corrected chi connectivity index (χ4v) is 5.55. The predicted octanol–water partition coefficient (Wildman–Crippen LogP) is 7.10. The van der Waals surface area contributed by atoms with Crippen molar-refractivity contribution in [1.29, 1.82) is 0 Å². The molecule has 1 aliphatic heterocycles. The van der Waals surface area contributed by atoms with Crippen LogP contribution in [0, 0.1) is 5.41 Å². The zero-order chi connectivity index (χ0) is 26.7. The van der Waals surface area contributed by atoms with Crippen LogP contribution in [-0.4, -0.2) is 45.8 Å². The number of hydrogen-bond donors (Lipinski definition) is 0. The fourth-order valence-electron chi connectivity index (χ4n) is 5.55. The Labute approximate surface area is 222 Å². The normalized spacial score (nSPS) is 14.7. The molecule has 0 unspecified atom stereocenters. The summed E-state index contributed by atoms with van der Waals surface area (Å²) in [4.78, 5) is 21.1. The van der Waals surface area contributed by atoms with Gasteiger partial charge in [-0.05, 0) is 55.2 Å². The molecular weight excluding hydrogens is 456 g/mol. The molecule has 1 fully saturated rings. The van der Waals surface area contributed by atoms with Crippen molar-refractivity contribution >= 4 is 23.0 Å². The minimum Gasteiger partial charge on any atom is -0.375 e. The van der Waals surface area contributed by atoms with Gasteiger partial charge in [-0.3, -0.25) is 4.79 Å². The first-order valence-corrected chi connectivity index (χ1v) is 13.5. The molecule has 196 valence electrons. The van der Waals surface area contributed by atoms with Gasteiger partial charge >= 0.3 is 0 Å². The second-order valence-corrected chi connectivity index (χ2v) is 11.6. The van der Waals surface area contributed by atoms with E-state index in [1.165, 1.54) is 16.8 Å². The summed E-state index contributed by atoms with van der Waals surface area (Å²) in [5.74, 6) is 1.57. The molecule has 0 amide bonds. The second-order valence-electron chi connectivity index (χ2n) is 11.6. The van der Waals surface area contributed by atoms with E-state index in [-0.39, 0.29) is 5.41 Å². The van der Waals surface area contributed by atoms with Gasteiger partial charge in [-0.25, -0.2) is 4.98 Å². The Morgan fingerprint density at radius 1 is 1.14 bits per heavy atom. The molecule has 4 rings (SSSR count). The third kappa shape index (κ3) is 5.98. The SMILES string of the molecule is C=C(c1ccccc1C=O)N(C)Cc1nc2ccc(C3CCN(C(=C)CC(C)(C)C)CC3)cc2n1CC. The number of imidazole rings is 1. The van der Waals surface area contributed by atoms with Crippen molar-refractivity contribution in [2.24, 2.45) is 5.41 Å². The molecule has 0 radical (unpaired) electrons. The van der Waals surface area contributed by atoms with E-state index in [0.29, 0.717) is 18.0 Å². The van der Waals surface area contributed by atoms with Crippen LogP contribution in [0.25, 0.3) is 16.7 Å². The second kappa shape index (κ2) is 11.0. The Morgan fingerprint density at radius 3 is 2.49 bits per heavy atom. The lowest BCUT2D eigenvalue weighted by molar-refractivity contribution is 0.112. The number of hydrogen-bond acceptors (Lipinski definition) is 4. The minimum absolute atomic E-state index is 0.271. The summed E-state index contributed by atoms with van der Waals surface area (Å²) in [5, 5.41) is 0. The highest BCUT2D eigenvalue weighted by atomic mass is 16.1. The van der Waals surface area contributed by atoms with Gasteiger partial charge in [0, 0.05) is 49.2 Å². The number of allylic oxidation sites excluding steroid dienone is 1. The zero-order valence-corrected chi connectivity index (χ0v) is 23.3. The van der Waals surface area contributed by atoms with Gasteiger partial charge in [0.25, 0.3) is 0 Å². The van der Waals surface area contributed by atoms with Gasteiger partial charge in [-0.15, -0.1) is 0 Å². The molecule has 37 heavy (non-hydrogen) atoms. The fraction of sp³-hybridized carbons (Fsp3) is 0.438. The highest BCUT2D eigenvalue weighted by molar-refractivity contribution is 5.84. The summed E-state index contributed by atoms with van der Waals surface area (Å²) in [7, 11) is 2.01. The maximum Gasteiger partial charge on any atom is 0.150 e. The van der Waals surface area contributed by atoms with Crippen LogP contribution in [0.2, 0.25) is 0 Å². The number of aryl methyl sites for hydroxylation is 1. The van der Waals surface area contributed by atoms with Crippen molar-refractivity contribution in [3.8, 4) is 0 Å². The quantitative estimate of drug-likeness (QED) is 0.295. The average Bonchev–Trinajstić information content (AvgIpc) is 3.23. The van der Waals surface area contributed by atoms with Gasteiger partial charge in [-0.1, -0.05) is 64.3 Å². The summed E-state index contributed by atoms with van der Waals surface area (Å²) in [5.41, 5.74) is 7.51. The van der Waals surface area contributed by atoms with Crippen LogP contribution in [0.3, 0.4) is 0 Å². The predicted molar refractivity (Wildman–Crippen MR) is 154 cm³/mol. The molecular formula is C32H42N4O. The first-order valence-electron chi connectivity index (χ1n) is 13.5. The molecule has 1 aromatic heterocycles. The summed E-state index contributed by atoms with van der Waals surface area (Å²) < 4.78 is 2.31. The maximum absolute atomic E-state index is 11.5. The van der Waals surface area contributed by atoms with Crippen molar-refractivity contribution in [2.75, 3.05) is 20.1 Å². The number of likely N-dealkylation sites (tertiary alicyclic amines) is 1. The zero-order valence-electron chi connectivity index (χ0n) is 23.3. The molecule has 0 spiro atoms. The minimum atomic E-state index is 0.271. The molecule has 5 heteroatoms. The van der Waals surface area contributed by atoms with Crippen LogP contribution < -0.4 is 0 Å². The molecule has 0 atom stereocenters. The molecule has 0 N–H and O–H groups in total. The van der Waals surface area contributed by atoms with Crippen LogP contribution >= 0.6 is 0 Å². The number of benzene rings is 2. The largest absolute Gasteiger partial charge is 0.375 e. The third-order valence-electron chi connectivity index (χ3n) is 7.55. The monoisotopic (exact) mass is 498 g/mol. The van der Waals surface area contributed by atoms with E-state index < -0.39 is 0 Å². The van der Waals surface area contributed by atoms with Gasteiger partial charge in [0.05, 0.1) is 17.6 Å². The molecule has 3 aromatic rings. The smallest absolute Gasteiger partial charge is 0.150 e. The summed E-state index contributed by atoms with van der Waals surface area (Å²) in [6.45, 7) is 21.3. The van der Waals surface area contributed by atoms with Crippen LogP contribution in [0.5, 0.6) is 0 Å². The Hall–Kier alpha value is -3.34. The standard InChI is InChI=1S/C32H42N4O/c1-8-36-30-19-26(25-15-17-35(18-16-25)23(2)20-32(4,5)6)13-14-29(30)33-31(36)21-34(7)24(3)28-12-10-9-11-27(28)22-37/h9-14,19,22,25H,2-3,8,15-18,20-21H2,1,4-7H3. The van der Waals surface area contributed by atoms with Crippen molar-refractivity contribution < 1.29 is 4.79 Å². The molecule has 1 aliphatic rings. The lowest BCUT2D eigenvalue weighted by atomic mass is 9.87. The van der Waals surface area contributed by atoms with E-state index in [2.05, 4.69) is 73.4 Å². The molecule has 2 heterocycles. The Balaban J connectivity index is 1.50. The van der Waals surface area contributed by atoms with Crippen LogP contribution in [0.1, 0.15) is 80.2 Å². The van der Waals surface area contributed by atoms with Gasteiger partial charge in [0.15, 0.2) is 6.29 Å². The molecule has 0 saturated carbocycles. The Kier molecular flexibility index (Phi) is 7.91. The lowest BCUT2D eigenvalue weighted by Gasteiger charge is -2.37. The lowest BCUT2D eigenvalue weighted by Crippen LogP contribution is -2.33. The molecule has 5 nitrogen and oxygen atoms in total. The number of rotatable bonds is 9. The number of fused-ring (bicyclic) bond motifs is 1. The van der Waals surface area contributed by atoms with Crippen molar-refractivity contribution in [1.82, 2.24) is 19.4 Å².